The summed E-state index contributed by atoms with van der Waals surface area (Å²) in [6.07, 6.45) is 0. The van der Waals surface area contributed by atoms with Crippen LogP contribution in [0.4, 0.5) is 0 Å². The lowest BCUT2D eigenvalue weighted by molar-refractivity contribution is -0.119. The van der Waals surface area contributed by atoms with Crippen molar-refractivity contribution in [1.29, 1.82) is 0 Å². The number of benzene rings is 1. The van der Waals surface area contributed by atoms with Crippen LogP contribution in [0.15, 0.2) is 53.0 Å². The normalized spacial score (nSPS) is 12.0. The molecule has 0 aliphatic rings. The van der Waals surface area contributed by atoms with E-state index in [2.05, 4.69) is 20.8 Å². The van der Waals surface area contributed by atoms with Crippen molar-refractivity contribution in [3.05, 3.63) is 58.3 Å². The number of thiophene rings is 1. The predicted octanol–water partition coefficient (Wildman–Crippen LogP) is 2.75. The lowest BCUT2D eigenvalue weighted by atomic mass is 10.2. The standard InChI is InChI=1S/C16H17N5OS2/c1-12(14-8-5-9-23-14)17-15(22)11-24-16-18-19-20-21(16)10-13-6-3-2-4-7-13/h2-9,12H,10-11H2,1H3,(H,17,22). The number of amides is 1. The van der Waals surface area contributed by atoms with E-state index in [1.54, 1.807) is 16.0 Å². The van der Waals surface area contributed by atoms with E-state index in [0.717, 1.165) is 10.4 Å². The highest BCUT2D eigenvalue weighted by molar-refractivity contribution is 7.99. The first kappa shape index (κ1) is 16.7. The first-order chi connectivity index (χ1) is 11.7. The Morgan fingerprint density at radius 2 is 2.12 bits per heavy atom. The predicted molar refractivity (Wildman–Crippen MR) is 95.0 cm³/mol. The number of carbonyl (C=O) groups is 1. The molecule has 0 aliphatic carbocycles. The van der Waals surface area contributed by atoms with Crippen molar-refractivity contribution >= 4 is 29.0 Å². The summed E-state index contributed by atoms with van der Waals surface area (Å²) in [6, 6.07) is 14.0. The number of hydrogen-bond acceptors (Lipinski definition) is 6. The van der Waals surface area contributed by atoms with Crippen molar-refractivity contribution in [2.24, 2.45) is 0 Å². The SMILES string of the molecule is CC(NC(=O)CSc1nnnn1Cc1ccccc1)c1cccs1. The number of tetrazole rings is 1. The summed E-state index contributed by atoms with van der Waals surface area (Å²) in [4.78, 5) is 13.2. The maximum absolute atomic E-state index is 12.1. The van der Waals surface area contributed by atoms with Crippen LogP contribution in [0.25, 0.3) is 0 Å². The smallest absolute Gasteiger partial charge is 0.230 e. The third-order valence-electron chi connectivity index (χ3n) is 3.35. The summed E-state index contributed by atoms with van der Waals surface area (Å²) in [5.41, 5.74) is 1.11. The Morgan fingerprint density at radius 1 is 1.29 bits per heavy atom. The van der Waals surface area contributed by atoms with Crippen molar-refractivity contribution in [3.8, 4) is 0 Å². The minimum Gasteiger partial charge on any atom is -0.348 e. The van der Waals surface area contributed by atoms with E-state index in [4.69, 9.17) is 0 Å². The Hall–Kier alpha value is -2.19. The molecule has 2 aromatic heterocycles. The van der Waals surface area contributed by atoms with Crippen molar-refractivity contribution < 1.29 is 4.79 Å². The van der Waals surface area contributed by atoms with E-state index in [1.165, 1.54) is 11.8 Å². The van der Waals surface area contributed by atoms with Gasteiger partial charge in [0.25, 0.3) is 0 Å². The van der Waals surface area contributed by atoms with Gasteiger partial charge in [0.2, 0.25) is 11.1 Å². The minimum absolute atomic E-state index is 0.0124. The molecule has 0 saturated carbocycles. The van der Waals surface area contributed by atoms with E-state index in [0.29, 0.717) is 11.7 Å². The monoisotopic (exact) mass is 359 g/mol. The maximum Gasteiger partial charge on any atom is 0.230 e. The fraction of sp³-hybridized carbons (Fsp3) is 0.250. The Kier molecular flexibility index (Phi) is 5.60. The summed E-state index contributed by atoms with van der Waals surface area (Å²) < 4.78 is 1.70. The van der Waals surface area contributed by atoms with Crippen LogP contribution in [0.3, 0.4) is 0 Å². The minimum atomic E-state index is -0.0323. The van der Waals surface area contributed by atoms with Crippen LogP contribution >= 0.6 is 23.1 Å². The lowest BCUT2D eigenvalue weighted by Crippen LogP contribution is -2.27. The summed E-state index contributed by atoms with van der Waals surface area (Å²) in [5, 5.41) is 17.3. The number of rotatable bonds is 7. The molecule has 8 heteroatoms. The Labute approximate surface area is 148 Å². The van der Waals surface area contributed by atoms with Gasteiger partial charge in [-0.1, -0.05) is 48.2 Å². The molecule has 1 amide bonds. The Bertz CT molecular complexity index is 773. The van der Waals surface area contributed by atoms with Gasteiger partial charge in [-0.25, -0.2) is 4.68 Å². The van der Waals surface area contributed by atoms with Gasteiger partial charge in [0.1, 0.15) is 0 Å². The molecule has 2 heterocycles. The fourth-order valence-corrected chi connectivity index (χ4v) is 3.60. The molecule has 1 unspecified atom stereocenters. The second-order valence-electron chi connectivity index (χ2n) is 5.20. The molecular formula is C16H17N5OS2. The van der Waals surface area contributed by atoms with Gasteiger partial charge in [-0.2, -0.15) is 0 Å². The summed E-state index contributed by atoms with van der Waals surface area (Å²) in [6.45, 7) is 2.57. The Balaban J connectivity index is 1.53. The number of hydrogen-bond donors (Lipinski definition) is 1. The molecule has 0 spiro atoms. The lowest BCUT2D eigenvalue weighted by Gasteiger charge is -2.11. The summed E-state index contributed by atoms with van der Waals surface area (Å²) in [7, 11) is 0. The van der Waals surface area contributed by atoms with E-state index in [1.807, 2.05) is 54.8 Å². The molecule has 6 nitrogen and oxygen atoms in total. The zero-order valence-electron chi connectivity index (χ0n) is 13.1. The van der Waals surface area contributed by atoms with E-state index >= 15 is 0 Å². The number of nitrogens with zero attached hydrogens (tertiary/aromatic N) is 4. The van der Waals surface area contributed by atoms with Crippen LogP contribution in [-0.4, -0.2) is 31.9 Å². The average molecular weight is 359 g/mol. The van der Waals surface area contributed by atoms with Gasteiger partial charge < -0.3 is 5.32 Å². The second-order valence-corrected chi connectivity index (χ2v) is 7.12. The van der Waals surface area contributed by atoms with E-state index in [9.17, 15) is 4.79 Å². The molecular weight excluding hydrogens is 342 g/mol. The molecule has 0 saturated heterocycles. The second kappa shape index (κ2) is 8.07. The van der Waals surface area contributed by atoms with Crippen LogP contribution in [0, 0.1) is 0 Å². The molecule has 1 aromatic carbocycles. The number of nitrogens with one attached hydrogen (secondary N) is 1. The first-order valence-corrected chi connectivity index (χ1v) is 9.34. The summed E-state index contributed by atoms with van der Waals surface area (Å²) >= 11 is 2.97. The van der Waals surface area contributed by atoms with Crippen molar-refractivity contribution in [1.82, 2.24) is 25.5 Å². The Morgan fingerprint density at radius 3 is 2.88 bits per heavy atom. The molecule has 3 aromatic rings. The van der Waals surface area contributed by atoms with Gasteiger partial charge in [0.15, 0.2) is 0 Å². The van der Waals surface area contributed by atoms with Crippen molar-refractivity contribution in [2.75, 3.05) is 5.75 Å². The molecule has 0 fully saturated rings. The zero-order valence-corrected chi connectivity index (χ0v) is 14.8. The first-order valence-electron chi connectivity index (χ1n) is 7.48. The van der Waals surface area contributed by atoms with E-state index in [-0.39, 0.29) is 17.7 Å². The zero-order chi connectivity index (χ0) is 16.8. The average Bonchev–Trinajstić information content (AvgIpc) is 3.26. The topological polar surface area (TPSA) is 72.7 Å². The van der Waals surface area contributed by atoms with Crippen LogP contribution in [0.5, 0.6) is 0 Å². The van der Waals surface area contributed by atoms with Crippen LogP contribution < -0.4 is 5.32 Å². The maximum atomic E-state index is 12.1. The van der Waals surface area contributed by atoms with Gasteiger partial charge >= 0.3 is 0 Å². The molecule has 0 aliphatic heterocycles. The number of thioether (sulfide) groups is 1. The van der Waals surface area contributed by atoms with Gasteiger partial charge in [-0.15, -0.1) is 16.4 Å². The molecule has 1 N–H and O–H groups in total. The highest BCUT2D eigenvalue weighted by Gasteiger charge is 2.13. The third-order valence-corrected chi connectivity index (χ3v) is 5.37. The van der Waals surface area contributed by atoms with Crippen LogP contribution in [-0.2, 0) is 11.3 Å². The van der Waals surface area contributed by atoms with Crippen LogP contribution in [0.1, 0.15) is 23.4 Å². The number of aromatic nitrogens is 4. The van der Waals surface area contributed by atoms with Gasteiger partial charge in [-0.3, -0.25) is 4.79 Å². The van der Waals surface area contributed by atoms with Crippen LogP contribution in [0.2, 0.25) is 0 Å². The van der Waals surface area contributed by atoms with E-state index < -0.39 is 0 Å². The highest BCUT2D eigenvalue weighted by Crippen LogP contribution is 2.19. The van der Waals surface area contributed by atoms with Gasteiger partial charge in [0, 0.05) is 4.88 Å². The van der Waals surface area contributed by atoms with Crippen molar-refractivity contribution in [2.45, 2.75) is 24.7 Å². The molecule has 124 valence electrons. The van der Waals surface area contributed by atoms with Gasteiger partial charge in [0.05, 0.1) is 18.3 Å². The largest absolute Gasteiger partial charge is 0.348 e. The fourth-order valence-electron chi connectivity index (χ4n) is 2.18. The molecule has 3 rings (SSSR count). The molecule has 0 radical (unpaired) electrons. The number of carbonyl (C=O) groups excluding carboxylic acids is 1. The highest BCUT2D eigenvalue weighted by atomic mass is 32.2. The van der Waals surface area contributed by atoms with Gasteiger partial charge in [-0.05, 0) is 34.4 Å². The quantitative estimate of drug-likeness (QED) is 0.657. The van der Waals surface area contributed by atoms with Crippen molar-refractivity contribution in [3.63, 3.8) is 0 Å². The molecule has 24 heavy (non-hydrogen) atoms. The summed E-state index contributed by atoms with van der Waals surface area (Å²) in [5.74, 6) is 0.250. The molecule has 0 bridgehead atoms. The molecule has 1 atom stereocenters. The third kappa shape index (κ3) is 4.42.